The number of aromatic nitrogens is 2. The van der Waals surface area contributed by atoms with Gasteiger partial charge in [0.15, 0.2) is 11.4 Å². The van der Waals surface area contributed by atoms with Crippen LogP contribution in [-0.2, 0) is 4.79 Å². The molecule has 1 aliphatic rings. The van der Waals surface area contributed by atoms with E-state index in [0.29, 0.717) is 25.4 Å². The summed E-state index contributed by atoms with van der Waals surface area (Å²) in [6.45, 7) is 5.33. The van der Waals surface area contributed by atoms with Crippen LogP contribution in [0.2, 0.25) is 0 Å². The minimum absolute atomic E-state index is 0.0341. The van der Waals surface area contributed by atoms with Crippen LogP contribution in [0.5, 0.6) is 5.75 Å². The number of nitrogens with zero attached hydrogens (tertiary/aromatic N) is 3. The van der Waals surface area contributed by atoms with E-state index in [1.54, 1.807) is 4.90 Å². The number of carbonyl (C=O) groups is 2. The Labute approximate surface area is 164 Å². The standard InChI is InChI=1S/C21H27N3O4/c1-14(2)16-6-8-17(9-7-16)24-13-18(25)20(22-24)21(28)23-11-3-4-15(12-23)5-10-19(26)27/h6-9,13-15,25H,3-5,10-12H2,1-2H3,(H,26,27). The molecule has 2 heterocycles. The Morgan fingerprint density at radius 2 is 1.96 bits per heavy atom. The summed E-state index contributed by atoms with van der Waals surface area (Å²) in [5, 5.41) is 23.4. The molecule has 1 aromatic heterocycles. The van der Waals surface area contributed by atoms with Crippen molar-refractivity contribution >= 4 is 11.9 Å². The van der Waals surface area contributed by atoms with Crippen LogP contribution < -0.4 is 0 Å². The van der Waals surface area contributed by atoms with Crippen molar-refractivity contribution in [2.45, 2.75) is 45.4 Å². The number of aliphatic carboxylic acids is 1. The fourth-order valence-electron chi connectivity index (χ4n) is 3.62. The van der Waals surface area contributed by atoms with Crippen molar-refractivity contribution in [3.8, 4) is 11.4 Å². The van der Waals surface area contributed by atoms with Crippen LogP contribution >= 0.6 is 0 Å². The molecular weight excluding hydrogens is 358 g/mol. The normalized spacial score (nSPS) is 17.1. The molecule has 150 valence electrons. The SMILES string of the molecule is CC(C)c1ccc(-n2cc(O)c(C(=O)N3CCCC(CCC(=O)O)C3)n2)cc1. The van der Waals surface area contributed by atoms with Crippen LogP contribution in [0, 0.1) is 5.92 Å². The van der Waals surface area contributed by atoms with Gasteiger partial charge in [-0.25, -0.2) is 4.68 Å². The quantitative estimate of drug-likeness (QED) is 0.794. The molecule has 2 aromatic rings. The fourth-order valence-corrected chi connectivity index (χ4v) is 3.62. The minimum atomic E-state index is -0.816. The monoisotopic (exact) mass is 385 g/mol. The lowest BCUT2D eigenvalue weighted by Crippen LogP contribution is -2.40. The predicted molar refractivity (Wildman–Crippen MR) is 105 cm³/mol. The number of carboxylic acid groups (broad SMARTS) is 1. The molecule has 7 nitrogen and oxygen atoms in total. The Kier molecular flexibility index (Phi) is 6.02. The summed E-state index contributed by atoms with van der Waals surface area (Å²) in [5.74, 6) is -0.684. The number of hydrogen-bond donors (Lipinski definition) is 2. The van der Waals surface area contributed by atoms with E-state index in [1.165, 1.54) is 16.4 Å². The summed E-state index contributed by atoms with van der Waals surface area (Å²) in [4.78, 5) is 25.3. The predicted octanol–water partition coefficient (Wildman–Crippen LogP) is 3.42. The summed E-state index contributed by atoms with van der Waals surface area (Å²) < 4.78 is 1.51. The minimum Gasteiger partial charge on any atom is -0.504 e. The van der Waals surface area contributed by atoms with Crippen molar-refractivity contribution in [2.75, 3.05) is 13.1 Å². The maximum Gasteiger partial charge on any atom is 0.303 e. The molecule has 0 aliphatic carbocycles. The first kappa shape index (κ1) is 19.9. The Morgan fingerprint density at radius 3 is 2.61 bits per heavy atom. The second-order valence-corrected chi connectivity index (χ2v) is 7.75. The molecule has 0 spiro atoms. The van der Waals surface area contributed by atoms with Gasteiger partial charge in [-0.1, -0.05) is 26.0 Å². The van der Waals surface area contributed by atoms with Gasteiger partial charge in [-0.15, -0.1) is 0 Å². The number of amides is 1. The molecule has 0 bridgehead atoms. The van der Waals surface area contributed by atoms with Crippen LogP contribution in [-0.4, -0.2) is 49.9 Å². The van der Waals surface area contributed by atoms with Crippen molar-refractivity contribution in [2.24, 2.45) is 5.92 Å². The maximum absolute atomic E-state index is 12.9. The van der Waals surface area contributed by atoms with Gasteiger partial charge in [0.05, 0.1) is 11.9 Å². The average Bonchev–Trinajstić information content (AvgIpc) is 3.07. The number of rotatable bonds is 6. The first-order chi connectivity index (χ1) is 13.3. The molecule has 1 fully saturated rings. The molecule has 1 atom stereocenters. The third-order valence-corrected chi connectivity index (χ3v) is 5.29. The lowest BCUT2D eigenvalue weighted by molar-refractivity contribution is -0.137. The average molecular weight is 385 g/mol. The van der Waals surface area contributed by atoms with Gasteiger partial charge in [0.25, 0.3) is 5.91 Å². The number of carbonyl (C=O) groups excluding carboxylic acids is 1. The summed E-state index contributed by atoms with van der Waals surface area (Å²) >= 11 is 0. The number of likely N-dealkylation sites (tertiary alicyclic amines) is 1. The number of aromatic hydroxyl groups is 1. The Morgan fingerprint density at radius 1 is 1.25 bits per heavy atom. The molecule has 7 heteroatoms. The second-order valence-electron chi connectivity index (χ2n) is 7.75. The number of benzene rings is 1. The van der Waals surface area contributed by atoms with Crippen molar-refractivity contribution in [1.29, 1.82) is 0 Å². The van der Waals surface area contributed by atoms with E-state index in [1.807, 2.05) is 24.3 Å². The van der Waals surface area contributed by atoms with Gasteiger partial charge in [0.2, 0.25) is 0 Å². The van der Waals surface area contributed by atoms with E-state index in [2.05, 4.69) is 18.9 Å². The van der Waals surface area contributed by atoms with Crippen LogP contribution in [0.4, 0.5) is 0 Å². The summed E-state index contributed by atoms with van der Waals surface area (Å²) in [6, 6.07) is 7.85. The topological polar surface area (TPSA) is 95.7 Å². The van der Waals surface area contributed by atoms with E-state index in [0.717, 1.165) is 18.5 Å². The van der Waals surface area contributed by atoms with E-state index in [-0.39, 0.29) is 29.7 Å². The van der Waals surface area contributed by atoms with E-state index >= 15 is 0 Å². The fraction of sp³-hybridized carbons (Fsp3) is 0.476. The third kappa shape index (κ3) is 4.52. The molecular formula is C21H27N3O4. The number of piperidine rings is 1. The smallest absolute Gasteiger partial charge is 0.303 e. The van der Waals surface area contributed by atoms with Crippen molar-refractivity contribution in [3.05, 3.63) is 41.7 Å². The molecule has 28 heavy (non-hydrogen) atoms. The highest BCUT2D eigenvalue weighted by Crippen LogP contribution is 2.26. The molecule has 0 radical (unpaired) electrons. The van der Waals surface area contributed by atoms with Crippen molar-refractivity contribution < 1.29 is 19.8 Å². The highest BCUT2D eigenvalue weighted by molar-refractivity contribution is 5.95. The van der Waals surface area contributed by atoms with E-state index in [4.69, 9.17) is 5.11 Å². The molecule has 1 unspecified atom stereocenters. The van der Waals surface area contributed by atoms with Crippen LogP contribution in [0.3, 0.4) is 0 Å². The van der Waals surface area contributed by atoms with Gasteiger partial charge < -0.3 is 15.1 Å². The zero-order chi connectivity index (χ0) is 20.3. The van der Waals surface area contributed by atoms with Gasteiger partial charge in [0, 0.05) is 19.5 Å². The second kappa shape index (κ2) is 8.46. The third-order valence-electron chi connectivity index (χ3n) is 5.29. The molecule has 3 rings (SSSR count). The van der Waals surface area contributed by atoms with Gasteiger partial charge in [0.1, 0.15) is 0 Å². The number of carboxylic acids is 1. The zero-order valence-electron chi connectivity index (χ0n) is 16.3. The highest BCUT2D eigenvalue weighted by atomic mass is 16.4. The lowest BCUT2D eigenvalue weighted by Gasteiger charge is -2.32. The molecule has 0 saturated carbocycles. The molecule has 1 aliphatic heterocycles. The Balaban J connectivity index is 1.73. The lowest BCUT2D eigenvalue weighted by atomic mass is 9.93. The van der Waals surface area contributed by atoms with Gasteiger partial charge in [-0.2, -0.15) is 5.10 Å². The number of hydrogen-bond acceptors (Lipinski definition) is 4. The Hall–Kier alpha value is -2.83. The van der Waals surface area contributed by atoms with Gasteiger partial charge in [-0.05, 0) is 48.8 Å². The summed E-state index contributed by atoms with van der Waals surface area (Å²) in [5.41, 5.74) is 2.01. The molecule has 1 amide bonds. The van der Waals surface area contributed by atoms with Crippen LogP contribution in [0.15, 0.2) is 30.5 Å². The van der Waals surface area contributed by atoms with Crippen LogP contribution in [0.1, 0.15) is 61.5 Å². The van der Waals surface area contributed by atoms with E-state index < -0.39 is 5.97 Å². The maximum atomic E-state index is 12.9. The molecule has 2 N–H and O–H groups in total. The zero-order valence-corrected chi connectivity index (χ0v) is 16.3. The summed E-state index contributed by atoms with van der Waals surface area (Å²) in [6.07, 6.45) is 3.86. The van der Waals surface area contributed by atoms with Crippen LogP contribution in [0.25, 0.3) is 5.69 Å². The molecule has 1 saturated heterocycles. The van der Waals surface area contributed by atoms with Gasteiger partial charge in [-0.3, -0.25) is 9.59 Å². The van der Waals surface area contributed by atoms with Gasteiger partial charge >= 0.3 is 5.97 Å². The van der Waals surface area contributed by atoms with Crippen molar-refractivity contribution in [1.82, 2.24) is 14.7 Å². The Bertz CT molecular complexity index is 842. The van der Waals surface area contributed by atoms with Crippen molar-refractivity contribution in [3.63, 3.8) is 0 Å². The van der Waals surface area contributed by atoms with E-state index in [9.17, 15) is 14.7 Å². The first-order valence-corrected chi connectivity index (χ1v) is 9.75. The molecule has 1 aromatic carbocycles. The first-order valence-electron chi connectivity index (χ1n) is 9.75. The largest absolute Gasteiger partial charge is 0.504 e. The summed E-state index contributed by atoms with van der Waals surface area (Å²) in [7, 11) is 0. The highest BCUT2D eigenvalue weighted by Gasteiger charge is 2.28.